The monoisotopic (exact) mass is 260 g/mol. The van der Waals surface area contributed by atoms with E-state index in [1.165, 1.54) is 6.07 Å². The van der Waals surface area contributed by atoms with Gasteiger partial charge in [0.2, 0.25) is 5.91 Å². The number of carbonyl (C=O) groups is 1. The van der Waals surface area contributed by atoms with E-state index >= 15 is 0 Å². The van der Waals surface area contributed by atoms with Crippen LogP contribution in [0.5, 0.6) is 0 Å². The molecule has 1 aromatic heterocycles. The number of carbonyl (C=O) groups excluding carboxylic acids is 1. The van der Waals surface area contributed by atoms with Crippen molar-refractivity contribution in [3.63, 3.8) is 0 Å². The molecule has 1 amide bonds. The molecule has 1 heterocycles. The number of hydrogen-bond donors (Lipinski definition) is 1. The van der Waals surface area contributed by atoms with Crippen LogP contribution in [0.15, 0.2) is 42.7 Å². The van der Waals surface area contributed by atoms with E-state index < -0.39 is 0 Å². The van der Waals surface area contributed by atoms with Crippen LogP contribution in [-0.4, -0.2) is 10.5 Å². The first-order valence-corrected chi connectivity index (χ1v) is 6.32. The summed E-state index contributed by atoms with van der Waals surface area (Å²) in [5.74, 6) is -0.388. The van der Waals surface area contributed by atoms with Crippen molar-refractivity contribution in [1.29, 1.82) is 0 Å². The lowest BCUT2D eigenvalue weighted by Gasteiger charge is -2.07. The number of aryl methyl sites for hydroxylation is 2. The number of nitrogens with one attached hydrogen (secondary N) is 1. The summed E-state index contributed by atoms with van der Waals surface area (Å²) in [6.07, 6.45) is 5.11. The summed E-state index contributed by atoms with van der Waals surface area (Å²) in [5.41, 5.74) is 1.08. The number of aromatic nitrogens is 1. The minimum Gasteiger partial charge on any atom is -0.354 e. The third-order valence-corrected chi connectivity index (χ3v) is 2.94. The minimum absolute atomic E-state index is 0.0876. The molecule has 0 atom stereocenters. The molecule has 0 spiro atoms. The molecule has 4 heteroatoms. The zero-order valence-corrected chi connectivity index (χ0v) is 10.9. The molecule has 2 rings (SSSR count). The number of nitrogens with zero attached hydrogens (tertiary/aromatic N) is 1. The van der Waals surface area contributed by atoms with E-state index in [4.69, 9.17) is 0 Å². The first kappa shape index (κ1) is 13.3. The van der Waals surface area contributed by atoms with Crippen molar-refractivity contribution in [2.24, 2.45) is 0 Å². The van der Waals surface area contributed by atoms with Gasteiger partial charge in [-0.1, -0.05) is 6.07 Å². The first-order chi connectivity index (χ1) is 9.15. The van der Waals surface area contributed by atoms with E-state index in [1.54, 1.807) is 19.1 Å². The fourth-order valence-electron chi connectivity index (χ4n) is 1.84. The molecule has 1 N–H and O–H groups in total. The van der Waals surface area contributed by atoms with Crippen LogP contribution in [0, 0.1) is 12.7 Å². The first-order valence-electron chi connectivity index (χ1n) is 6.32. The van der Waals surface area contributed by atoms with E-state index in [1.807, 2.05) is 29.1 Å². The van der Waals surface area contributed by atoms with Gasteiger partial charge in [-0.05, 0) is 43.2 Å². The van der Waals surface area contributed by atoms with Gasteiger partial charge in [0.15, 0.2) is 0 Å². The third kappa shape index (κ3) is 3.95. The minimum atomic E-state index is -0.301. The smallest absolute Gasteiger partial charge is 0.224 e. The fraction of sp³-hybridized carbons (Fsp3) is 0.267. The number of halogens is 1. The third-order valence-electron chi connectivity index (χ3n) is 2.94. The number of hydrogen-bond acceptors (Lipinski definition) is 1. The van der Waals surface area contributed by atoms with Gasteiger partial charge >= 0.3 is 0 Å². The molecule has 0 aliphatic carbocycles. The van der Waals surface area contributed by atoms with Gasteiger partial charge in [0.1, 0.15) is 5.82 Å². The molecular formula is C15H17FN2O. The Morgan fingerprint density at radius 1 is 1.32 bits per heavy atom. The summed E-state index contributed by atoms with van der Waals surface area (Å²) in [6, 6.07) is 8.62. The van der Waals surface area contributed by atoms with Crippen molar-refractivity contribution < 1.29 is 9.18 Å². The Morgan fingerprint density at radius 3 is 2.74 bits per heavy atom. The zero-order chi connectivity index (χ0) is 13.7. The lowest BCUT2D eigenvalue weighted by molar-refractivity contribution is -0.116. The van der Waals surface area contributed by atoms with Crippen LogP contribution in [0.25, 0.3) is 0 Å². The molecule has 0 bridgehead atoms. The molecule has 0 fully saturated rings. The van der Waals surface area contributed by atoms with Crippen molar-refractivity contribution in [2.75, 3.05) is 5.32 Å². The highest BCUT2D eigenvalue weighted by Gasteiger charge is 2.04. The quantitative estimate of drug-likeness (QED) is 0.878. The summed E-state index contributed by atoms with van der Waals surface area (Å²) in [4.78, 5) is 11.7. The molecule has 0 aliphatic heterocycles. The Morgan fingerprint density at radius 2 is 2.05 bits per heavy atom. The number of amides is 1. The van der Waals surface area contributed by atoms with E-state index in [0.29, 0.717) is 17.7 Å². The summed E-state index contributed by atoms with van der Waals surface area (Å²) in [7, 11) is 0. The van der Waals surface area contributed by atoms with E-state index in [-0.39, 0.29) is 11.7 Å². The van der Waals surface area contributed by atoms with E-state index in [0.717, 1.165) is 13.0 Å². The highest BCUT2D eigenvalue weighted by Crippen LogP contribution is 2.14. The maximum Gasteiger partial charge on any atom is 0.224 e. The molecule has 0 unspecified atom stereocenters. The average molecular weight is 260 g/mol. The molecule has 0 aliphatic rings. The van der Waals surface area contributed by atoms with Gasteiger partial charge in [-0.2, -0.15) is 0 Å². The van der Waals surface area contributed by atoms with Crippen molar-refractivity contribution in [1.82, 2.24) is 4.57 Å². The fourth-order valence-corrected chi connectivity index (χ4v) is 1.84. The predicted octanol–water partition coefficient (Wildman–Crippen LogP) is 3.35. The van der Waals surface area contributed by atoms with Gasteiger partial charge in [-0.3, -0.25) is 4.79 Å². The van der Waals surface area contributed by atoms with Gasteiger partial charge in [-0.25, -0.2) is 4.39 Å². The second kappa shape index (κ2) is 6.18. The van der Waals surface area contributed by atoms with Gasteiger partial charge in [0, 0.05) is 31.0 Å². The van der Waals surface area contributed by atoms with Crippen LogP contribution in [0.2, 0.25) is 0 Å². The van der Waals surface area contributed by atoms with Crippen LogP contribution in [-0.2, 0) is 11.3 Å². The van der Waals surface area contributed by atoms with Crippen LogP contribution in [0.4, 0.5) is 10.1 Å². The maximum atomic E-state index is 13.3. The molecule has 0 saturated carbocycles. The zero-order valence-electron chi connectivity index (χ0n) is 10.9. The topological polar surface area (TPSA) is 34.0 Å². The number of anilines is 1. The second-order valence-electron chi connectivity index (χ2n) is 4.54. The maximum absolute atomic E-state index is 13.3. The predicted molar refractivity (Wildman–Crippen MR) is 73.4 cm³/mol. The van der Waals surface area contributed by atoms with Crippen LogP contribution >= 0.6 is 0 Å². The molecular weight excluding hydrogens is 243 g/mol. The Labute approximate surface area is 112 Å². The molecule has 19 heavy (non-hydrogen) atoms. The molecule has 0 radical (unpaired) electrons. The summed E-state index contributed by atoms with van der Waals surface area (Å²) in [6.45, 7) is 2.50. The highest BCUT2D eigenvalue weighted by molar-refractivity contribution is 5.90. The van der Waals surface area contributed by atoms with Crippen molar-refractivity contribution in [3.8, 4) is 0 Å². The Hall–Kier alpha value is -2.10. The lowest BCUT2D eigenvalue weighted by Crippen LogP contribution is -2.12. The summed E-state index contributed by atoms with van der Waals surface area (Å²) < 4.78 is 15.3. The largest absolute Gasteiger partial charge is 0.354 e. The van der Waals surface area contributed by atoms with Crippen molar-refractivity contribution in [2.45, 2.75) is 26.3 Å². The van der Waals surface area contributed by atoms with Crippen LogP contribution in [0.1, 0.15) is 18.4 Å². The van der Waals surface area contributed by atoms with Gasteiger partial charge in [0.05, 0.1) is 0 Å². The van der Waals surface area contributed by atoms with Gasteiger partial charge in [0.25, 0.3) is 0 Å². The summed E-state index contributed by atoms with van der Waals surface area (Å²) in [5, 5.41) is 2.70. The Balaban J connectivity index is 1.79. The second-order valence-corrected chi connectivity index (χ2v) is 4.54. The SMILES string of the molecule is Cc1ccc(NC(=O)CCCn2cccc2)cc1F. The molecule has 2 aromatic rings. The van der Waals surface area contributed by atoms with Gasteiger partial charge < -0.3 is 9.88 Å². The standard InChI is InChI=1S/C15H17FN2O/c1-12-6-7-13(11-14(12)16)17-15(19)5-4-10-18-8-2-3-9-18/h2-3,6-9,11H,4-5,10H2,1H3,(H,17,19). The van der Waals surface area contributed by atoms with Gasteiger partial charge in [-0.15, -0.1) is 0 Å². The molecule has 3 nitrogen and oxygen atoms in total. The summed E-state index contributed by atoms with van der Waals surface area (Å²) >= 11 is 0. The van der Waals surface area contributed by atoms with Crippen molar-refractivity contribution >= 4 is 11.6 Å². The van der Waals surface area contributed by atoms with Crippen LogP contribution in [0.3, 0.4) is 0 Å². The number of rotatable bonds is 5. The highest BCUT2D eigenvalue weighted by atomic mass is 19.1. The Bertz CT molecular complexity index is 549. The van der Waals surface area contributed by atoms with Crippen molar-refractivity contribution in [3.05, 3.63) is 54.1 Å². The molecule has 100 valence electrons. The average Bonchev–Trinajstić information content (AvgIpc) is 2.87. The van der Waals surface area contributed by atoms with E-state index in [9.17, 15) is 9.18 Å². The lowest BCUT2D eigenvalue weighted by atomic mass is 10.2. The normalized spacial score (nSPS) is 10.4. The Kier molecular flexibility index (Phi) is 4.34. The molecule has 0 saturated heterocycles. The van der Waals surface area contributed by atoms with Crippen LogP contribution < -0.4 is 5.32 Å². The van der Waals surface area contributed by atoms with E-state index in [2.05, 4.69) is 5.32 Å². The number of benzene rings is 1. The molecule has 1 aromatic carbocycles.